The molecule has 1 aliphatic heterocycles. The molecule has 0 atom stereocenters. The predicted molar refractivity (Wildman–Crippen MR) is 89.6 cm³/mol. The fraction of sp³-hybridized carbons (Fsp3) is 0.200. The van der Waals surface area contributed by atoms with E-state index in [0.717, 1.165) is 11.8 Å². The maximum atomic E-state index is 12.3. The third-order valence-corrected chi connectivity index (χ3v) is 6.22. The Morgan fingerprint density at radius 3 is 2.35 bits per heavy atom. The quantitative estimate of drug-likeness (QED) is 0.910. The molecule has 2 aromatic rings. The number of hydrogen-bond acceptors (Lipinski definition) is 4. The summed E-state index contributed by atoms with van der Waals surface area (Å²) in [6.45, 7) is 0.378. The van der Waals surface area contributed by atoms with Gasteiger partial charge in [0, 0.05) is 12.2 Å². The van der Waals surface area contributed by atoms with Gasteiger partial charge in [-0.1, -0.05) is 18.2 Å². The van der Waals surface area contributed by atoms with E-state index in [1.54, 1.807) is 36.4 Å². The number of nitrogens with one attached hydrogen (secondary N) is 1. The van der Waals surface area contributed by atoms with Gasteiger partial charge in [0.2, 0.25) is 10.0 Å². The summed E-state index contributed by atoms with van der Waals surface area (Å²) in [5.41, 5.74) is 1.83. The minimum Gasteiger partial charge on any atom is -0.280 e. The SMILES string of the molecule is CS(=O)(=O)N1CCc2cc(NS(=O)(=O)c3ccccc3)ccc21. The smallest absolute Gasteiger partial charge is 0.261 e. The molecule has 0 unspecified atom stereocenters. The molecule has 23 heavy (non-hydrogen) atoms. The van der Waals surface area contributed by atoms with Crippen LogP contribution in [0.25, 0.3) is 0 Å². The minimum atomic E-state index is -3.65. The van der Waals surface area contributed by atoms with Gasteiger partial charge in [0.15, 0.2) is 0 Å². The second-order valence-corrected chi connectivity index (χ2v) is 8.94. The zero-order chi connectivity index (χ0) is 16.7. The first kappa shape index (κ1) is 15.8. The number of sulfonamides is 2. The van der Waals surface area contributed by atoms with Crippen molar-refractivity contribution in [1.29, 1.82) is 0 Å². The van der Waals surface area contributed by atoms with Crippen LogP contribution in [-0.2, 0) is 26.5 Å². The summed E-state index contributed by atoms with van der Waals surface area (Å²) in [5.74, 6) is 0. The van der Waals surface area contributed by atoms with Crippen LogP contribution in [-0.4, -0.2) is 29.6 Å². The van der Waals surface area contributed by atoms with Crippen molar-refractivity contribution < 1.29 is 16.8 Å². The Bertz CT molecular complexity index is 939. The molecule has 1 aliphatic rings. The maximum absolute atomic E-state index is 12.3. The summed E-state index contributed by atoms with van der Waals surface area (Å²) < 4.78 is 51.9. The molecular formula is C15H16N2O4S2. The second-order valence-electron chi connectivity index (χ2n) is 5.35. The molecule has 0 aliphatic carbocycles. The maximum Gasteiger partial charge on any atom is 0.261 e. The molecule has 0 saturated heterocycles. The van der Waals surface area contributed by atoms with Gasteiger partial charge in [0.25, 0.3) is 10.0 Å². The van der Waals surface area contributed by atoms with Crippen molar-refractivity contribution in [2.75, 3.05) is 21.8 Å². The van der Waals surface area contributed by atoms with Gasteiger partial charge in [0.05, 0.1) is 16.8 Å². The van der Waals surface area contributed by atoms with E-state index in [1.807, 2.05) is 0 Å². The van der Waals surface area contributed by atoms with Crippen LogP contribution in [0.2, 0.25) is 0 Å². The van der Waals surface area contributed by atoms with E-state index in [0.29, 0.717) is 24.3 Å². The molecular weight excluding hydrogens is 336 g/mol. The van der Waals surface area contributed by atoms with E-state index in [4.69, 9.17) is 0 Å². The van der Waals surface area contributed by atoms with Crippen LogP contribution < -0.4 is 9.03 Å². The molecule has 0 amide bonds. The van der Waals surface area contributed by atoms with Crippen molar-refractivity contribution in [3.8, 4) is 0 Å². The highest BCUT2D eigenvalue weighted by Gasteiger charge is 2.26. The number of fused-ring (bicyclic) bond motifs is 1. The number of hydrogen-bond donors (Lipinski definition) is 1. The Morgan fingerprint density at radius 1 is 1.00 bits per heavy atom. The lowest BCUT2D eigenvalue weighted by Gasteiger charge is -2.16. The molecule has 6 nitrogen and oxygen atoms in total. The molecule has 0 bridgehead atoms. The summed E-state index contributed by atoms with van der Waals surface area (Å²) in [5, 5.41) is 0. The molecule has 0 saturated carbocycles. The molecule has 0 spiro atoms. The van der Waals surface area contributed by atoms with Crippen molar-refractivity contribution in [2.24, 2.45) is 0 Å². The lowest BCUT2D eigenvalue weighted by Crippen LogP contribution is -2.27. The highest BCUT2D eigenvalue weighted by molar-refractivity contribution is 7.92. The Morgan fingerprint density at radius 2 is 1.70 bits per heavy atom. The molecule has 1 heterocycles. The van der Waals surface area contributed by atoms with E-state index in [1.165, 1.54) is 16.4 Å². The topological polar surface area (TPSA) is 83.6 Å². The highest BCUT2D eigenvalue weighted by Crippen LogP contribution is 2.32. The highest BCUT2D eigenvalue weighted by atomic mass is 32.2. The lowest BCUT2D eigenvalue weighted by atomic mass is 10.1. The van der Waals surface area contributed by atoms with Crippen molar-refractivity contribution in [1.82, 2.24) is 0 Å². The Balaban J connectivity index is 1.90. The Labute approximate surface area is 135 Å². The van der Waals surface area contributed by atoms with Crippen molar-refractivity contribution in [3.05, 3.63) is 54.1 Å². The first-order valence-electron chi connectivity index (χ1n) is 6.96. The molecule has 0 fully saturated rings. The predicted octanol–water partition coefficient (Wildman–Crippen LogP) is 1.81. The largest absolute Gasteiger partial charge is 0.280 e. The summed E-state index contributed by atoms with van der Waals surface area (Å²) >= 11 is 0. The summed E-state index contributed by atoms with van der Waals surface area (Å²) in [6, 6.07) is 13.0. The van der Waals surface area contributed by atoms with Gasteiger partial charge in [-0.25, -0.2) is 16.8 Å². The standard InChI is InChI=1S/C15H16N2O4S2/c1-22(18,19)17-10-9-12-11-13(7-8-15(12)17)16-23(20,21)14-5-3-2-4-6-14/h2-8,11,16H,9-10H2,1H3. The van der Waals surface area contributed by atoms with Crippen molar-refractivity contribution in [3.63, 3.8) is 0 Å². The van der Waals surface area contributed by atoms with Crippen LogP contribution in [0.15, 0.2) is 53.4 Å². The molecule has 3 rings (SSSR count). The summed E-state index contributed by atoms with van der Waals surface area (Å²) in [4.78, 5) is 0.179. The third kappa shape index (κ3) is 3.18. The van der Waals surface area contributed by atoms with Crippen LogP contribution in [0.4, 0.5) is 11.4 Å². The van der Waals surface area contributed by atoms with Gasteiger partial charge in [-0.15, -0.1) is 0 Å². The fourth-order valence-corrected chi connectivity index (χ4v) is 4.62. The number of anilines is 2. The minimum absolute atomic E-state index is 0.179. The zero-order valence-electron chi connectivity index (χ0n) is 12.4. The van der Waals surface area contributed by atoms with E-state index >= 15 is 0 Å². The average molecular weight is 352 g/mol. The molecule has 8 heteroatoms. The van der Waals surface area contributed by atoms with Crippen molar-refractivity contribution in [2.45, 2.75) is 11.3 Å². The lowest BCUT2D eigenvalue weighted by molar-refractivity contribution is 0.597. The van der Waals surface area contributed by atoms with E-state index in [9.17, 15) is 16.8 Å². The molecule has 122 valence electrons. The van der Waals surface area contributed by atoms with E-state index in [2.05, 4.69) is 4.72 Å². The summed E-state index contributed by atoms with van der Waals surface area (Å²) in [6.07, 6.45) is 1.72. The first-order chi connectivity index (χ1) is 10.8. The third-order valence-electron chi connectivity index (χ3n) is 3.64. The average Bonchev–Trinajstić information content (AvgIpc) is 2.91. The van der Waals surface area contributed by atoms with Crippen LogP contribution in [0.3, 0.4) is 0 Å². The molecule has 0 aromatic heterocycles. The number of rotatable bonds is 4. The van der Waals surface area contributed by atoms with Gasteiger partial charge in [-0.2, -0.15) is 0 Å². The Kier molecular flexibility index (Phi) is 3.81. The second kappa shape index (κ2) is 5.54. The van der Waals surface area contributed by atoms with Crippen LogP contribution in [0.5, 0.6) is 0 Å². The molecule has 2 aromatic carbocycles. The molecule has 0 radical (unpaired) electrons. The van der Waals surface area contributed by atoms with E-state index < -0.39 is 20.0 Å². The zero-order valence-corrected chi connectivity index (χ0v) is 14.1. The fourth-order valence-electron chi connectivity index (χ4n) is 2.59. The van der Waals surface area contributed by atoms with Crippen LogP contribution >= 0.6 is 0 Å². The Hall–Kier alpha value is -2.06. The number of nitrogens with zero attached hydrogens (tertiary/aromatic N) is 1. The van der Waals surface area contributed by atoms with Crippen LogP contribution in [0, 0.1) is 0 Å². The monoisotopic (exact) mass is 352 g/mol. The van der Waals surface area contributed by atoms with Gasteiger partial charge in [0.1, 0.15) is 0 Å². The normalized spacial score (nSPS) is 14.6. The van der Waals surface area contributed by atoms with Gasteiger partial charge >= 0.3 is 0 Å². The van der Waals surface area contributed by atoms with E-state index in [-0.39, 0.29) is 4.90 Å². The van der Waals surface area contributed by atoms with Crippen molar-refractivity contribution >= 4 is 31.4 Å². The van der Waals surface area contributed by atoms with Gasteiger partial charge in [-0.05, 0) is 42.3 Å². The van der Waals surface area contributed by atoms with Gasteiger partial charge in [-0.3, -0.25) is 9.03 Å². The first-order valence-corrected chi connectivity index (χ1v) is 10.3. The number of benzene rings is 2. The summed E-state index contributed by atoms with van der Waals surface area (Å²) in [7, 11) is -6.97. The van der Waals surface area contributed by atoms with Gasteiger partial charge < -0.3 is 0 Å². The molecule has 1 N–H and O–H groups in total. The van der Waals surface area contributed by atoms with Crippen LogP contribution in [0.1, 0.15) is 5.56 Å².